The molecule has 0 aliphatic heterocycles. The van der Waals surface area contributed by atoms with Crippen LogP contribution in [0.1, 0.15) is 18.2 Å². The molecule has 0 aliphatic carbocycles. The summed E-state index contributed by atoms with van der Waals surface area (Å²) < 4.78 is 49.0. The molecule has 5 aromatic rings. The number of alkyl halides is 3. The molecule has 0 aliphatic rings. The average Bonchev–Trinajstić information content (AvgIpc) is 3.45. The molecular weight excluding hydrogens is 483 g/mol. The van der Waals surface area contributed by atoms with Crippen LogP contribution < -0.4 is 9.47 Å². The van der Waals surface area contributed by atoms with E-state index in [4.69, 9.17) is 9.47 Å². The van der Waals surface area contributed by atoms with Gasteiger partial charge in [0.15, 0.2) is 6.61 Å². The van der Waals surface area contributed by atoms with E-state index in [2.05, 4.69) is 25.6 Å². The Hall–Kier alpha value is -4.47. The van der Waals surface area contributed by atoms with Crippen LogP contribution in [0.3, 0.4) is 0 Å². The normalized spacial score (nSPS) is 11.6. The van der Waals surface area contributed by atoms with E-state index in [9.17, 15) is 13.2 Å². The van der Waals surface area contributed by atoms with Crippen molar-refractivity contribution >= 4 is 10.9 Å². The minimum Gasteiger partial charge on any atom is -0.488 e. The third-order valence-corrected chi connectivity index (χ3v) is 5.71. The Labute approximate surface area is 210 Å². The molecule has 0 amide bonds. The lowest BCUT2D eigenvalue weighted by Crippen LogP contribution is -2.19. The first kappa shape index (κ1) is 24.2. The van der Waals surface area contributed by atoms with E-state index in [0.717, 1.165) is 27.9 Å². The number of nitrogens with zero attached hydrogens (tertiary/aromatic N) is 4. The van der Waals surface area contributed by atoms with Crippen LogP contribution in [-0.2, 0) is 13.0 Å². The fourth-order valence-corrected chi connectivity index (χ4v) is 3.95. The van der Waals surface area contributed by atoms with E-state index in [1.54, 1.807) is 12.1 Å². The fraction of sp³-hybridized carbons (Fsp3) is 0.185. The van der Waals surface area contributed by atoms with Gasteiger partial charge in [-0.05, 0) is 52.6 Å². The molecule has 0 fully saturated rings. The highest BCUT2D eigenvalue weighted by Gasteiger charge is 2.28. The van der Waals surface area contributed by atoms with Crippen molar-refractivity contribution in [2.75, 3.05) is 6.61 Å². The van der Waals surface area contributed by atoms with E-state index in [0.29, 0.717) is 28.9 Å². The number of fused-ring (bicyclic) bond motifs is 1. The van der Waals surface area contributed by atoms with Crippen LogP contribution in [0.4, 0.5) is 13.2 Å². The second-order valence-corrected chi connectivity index (χ2v) is 8.32. The Kier molecular flexibility index (Phi) is 6.72. The number of hydrogen-bond acceptors (Lipinski definition) is 6. The number of aryl methyl sites for hydroxylation is 1. The molecule has 37 heavy (non-hydrogen) atoms. The SMILES string of the molecule is CCc1cc(OCc2ccc(-c3ccccc3)c(-c3nn[nH]n3)c2)c2cc(OCC(F)(F)F)ccc2n1. The number of pyridine rings is 1. The summed E-state index contributed by atoms with van der Waals surface area (Å²) in [7, 11) is 0. The number of nitrogens with one attached hydrogen (secondary N) is 1. The second-order valence-electron chi connectivity index (χ2n) is 8.32. The standard InChI is InChI=1S/C27H22F3N5O2/c1-2-19-13-25(23-14-20(9-11-24(23)31-19)37-16-27(28,29)30)36-15-17-8-10-21(18-6-4-3-5-7-18)22(12-17)26-32-34-35-33-26/h3-14H,2,15-16H2,1H3,(H,32,33,34,35). The number of aromatic amines is 1. The number of tetrazole rings is 1. The van der Waals surface area contributed by atoms with Crippen LogP contribution in [0.15, 0.2) is 72.8 Å². The van der Waals surface area contributed by atoms with Gasteiger partial charge >= 0.3 is 6.18 Å². The summed E-state index contributed by atoms with van der Waals surface area (Å²) in [5.41, 5.74) is 5.01. The molecule has 2 heterocycles. The smallest absolute Gasteiger partial charge is 0.422 e. The van der Waals surface area contributed by atoms with E-state index in [1.807, 2.05) is 55.5 Å². The third kappa shape index (κ3) is 5.69. The van der Waals surface area contributed by atoms with Crippen molar-refractivity contribution in [3.8, 4) is 34.0 Å². The van der Waals surface area contributed by atoms with Crippen molar-refractivity contribution in [3.63, 3.8) is 0 Å². The van der Waals surface area contributed by atoms with Crippen LogP contribution >= 0.6 is 0 Å². The van der Waals surface area contributed by atoms with Gasteiger partial charge in [-0.1, -0.05) is 49.4 Å². The van der Waals surface area contributed by atoms with Crippen molar-refractivity contribution < 1.29 is 22.6 Å². The van der Waals surface area contributed by atoms with Gasteiger partial charge in [-0.3, -0.25) is 4.98 Å². The maximum absolute atomic E-state index is 12.6. The summed E-state index contributed by atoms with van der Waals surface area (Å²) in [6, 6.07) is 22.2. The molecule has 0 atom stereocenters. The minimum absolute atomic E-state index is 0.0901. The summed E-state index contributed by atoms with van der Waals surface area (Å²) >= 11 is 0. The van der Waals surface area contributed by atoms with Gasteiger partial charge in [0.05, 0.1) is 5.52 Å². The molecule has 2 aromatic heterocycles. The lowest BCUT2D eigenvalue weighted by atomic mass is 9.97. The zero-order chi connectivity index (χ0) is 25.8. The molecule has 0 spiro atoms. The number of halogens is 3. The molecule has 7 nitrogen and oxygen atoms in total. The topological polar surface area (TPSA) is 85.8 Å². The first-order chi connectivity index (χ1) is 17.9. The van der Waals surface area contributed by atoms with E-state index >= 15 is 0 Å². The molecule has 0 radical (unpaired) electrons. The maximum Gasteiger partial charge on any atom is 0.422 e. The van der Waals surface area contributed by atoms with Crippen molar-refractivity contribution in [2.24, 2.45) is 0 Å². The third-order valence-electron chi connectivity index (χ3n) is 5.71. The number of rotatable bonds is 8. The van der Waals surface area contributed by atoms with Gasteiger partial charge in [0.25, 0.3) is 0 Å². The minimum atomic E-state index is -4.43. The Bertz CT molecular complexity index is 1510. The molecule has 5 rings (SSSR count). The Morgan fingerprint density at radius 1 is 0.892 bits per heavy atom. The average molecular weight is 506 g/mol. The number of hydrogen-bond donors (Lipinski definition) is 1. The Balaban J connectivity index is 1.46. The van der Waals surface area contributed by atoms with Crippen molar-refractivity contribution in [2.45, 2.75) is 26.1 Å². The van der Waals surface area contributed by atoms with E-state index in [1.165, 1.54) is 12.1 Å². The molecule has 1 N–H and O–H groups in total. The molecule has 0 unspecified atom stereocenters. The molecule has 0 saturated carbocycles. The number of benzene rings is 3. The van der Waals surface area contributed by atoms with Gasteiger partial charge in [0.2, 0.25) is 5.82 Å². The molecule has 0 saturated heterocycles. The van der Waals surface area contributed by atoms with Crippen LogP contribution in [0.5, 0.6) is 11.5 Å². The number of aromatic nitrogens is 5. The largest absolute Gasteiger partial charge is 0.488 e. The summed E-state index contributed by atoms with van der Waals surface area (Å²) in [5, 5.41) is 15.0. The van der Waals surface area contributed by atoms with Crippen LogP contribution in [0.25, 0.3) is 33.4 Å². The van der Waals surface area contributed by atoms with E-state index < -0.39 is 12.8 Å². The van der Waals surface area contributed by atoms with Gasteiger partial charge in [-0.2, -0.15) is 18.4 Å². The summed E-state index contributed by atoms with van der Waals surface area (Å²) in [5.74, 6) is 1.05. The maximum atomic E-state index is 12.6. The zero-order valence-electron chi connectivity index (χ0n) is 19.8. The van der Waals surface area contributed by atoms with Crippen LogP contribution in [0.2, 0.25) is 0 Å². The summed E-state index contributed by atoms with van der Waals surface area (Å²) in [6.45, 7) is 0.801. The molecule has 3 aromatic carbocycles. The van der Waals surface area contributed by atoms with E-state index in [-0.39, 0.29) is 12.4 Å². The van der Waals surface area contributed by atoms with Gasteiger partial charge in [-0.15, -0.1) is 10.2 Å². The Morgan fingerprint density at radius 2 is 1.73 bits per heavy atom. The number of H-pyrrole nitrogens is 1. The summed E-state index contributed by atoms with van der Waals surface area (Å²) in [6.07, 6.45) is -3.76. The lowest BCUT2D eigenvalue weighted by molar-refractivity contribution is -0.153. The predicted octanol–water partition coefficient (Wildman–Crippen LogP) is 6.16. The first-order valence-electron chi connectivity index (χ1n) is 11.6. The van der Waals surface area contributed by atoms with Crippen molar-refractivity contribution in [1.82, 2.24) is 25.6 Å². The van der Waals surface area contributed by atoms with Gasteiger partial charge in [0.1, 0.15) is 18.1 Å². The molecule has 10 heteroatoms. The zero-order valence-corrected chi connectivity index (χ0v) is 19.8. The Morgan fingerprint density at radius 3 is 2.46 bits per heavy atom. The first-order valence-corrected chi connectivity index (χ1v) is 11.6. The predicted molar refractivity (Wildman–Crippen MR) is 132 cm³/mol. The van der Waals surface area contributed by atoms with Gasteiger partial charge in [-0.25, -0.2) is 0 Å². The fourth-order valence-electron chi connectivity index (χ4n) is 3.95. The van der Waals surface area contributed by atoms with Gasteiger partial charge in [0, 0.05) is 22.7 Å². The quantitative estimate of drug-likeness (QED) is 0.272. The van der Waals surface area contributed by atoms with Crippen molar-refractivity contribution in [1.29, 1.82) is 0 Å². The molecular formula is C27H22F3N5O2. The van der Waals surface area contributed by atoms with Crippen LogP contribution in [-0.4, -0.2) is 38.4 Å². The highest BCUT2D eigenvalue weighted by molar-refractivity contribution is 5.86. The molecule has 188 valence electrons. The highest BCUT2D eigenvalue weighted by atomic mass is 19.4. The van der Waals surface area contributed by atoms with Crippen molar-refractivity contribution in [3.05, 3.63) is 84.1 Å². The monoisotopic (exact) mass is 505 g/mol. The van der Waals surface area contributed by atoms with Crippen LogP contribution in [0, 0.1) is 0 Å². The summed E-state index contributed by atoms with van der Waals surface area (Å²) in [4.78, 5) is 4.57. The van der Waals surface area contributed by atoms with Gasteiger partial charge < -0.3 is 9.47 Å². The lowest BCUT2D eigenvalue weighted by Gasteiger charge is -2.14. The second kappa shape index (κ2) is 10.3. The number of ether oxygens (including phenoxy) is 2. The highest BCUT2D eigenvalue weighted by Crippen LogP contribution is 2.33. The molecule has 0 bridgehead atoms.